The molecule has 0 bridgehead atoms. The van der Waals surface area contributed by atoms with Crippen LogP contribution in [0.3, 0.4) is 0 Å². The van der Waals surface area contributed by atoms with Gasteiger partial charge in [-0.25, -0.2) is 24.7 Å². The van der Waals surface area contributed by atoms with Crippen LogP contribution in [0.5, 0.6) is 5.75 Å². The fraction of sp³-hybridized carbons (Fsp3) is 0.393. The van der Waals surface area contributed by atoms with Crippen molar-refractivity contribution >= 4 is 26.7 Å². The van der Waals surface area contributed by atoms with E-state index in [-0.39, 0.29) is 0 Å². The van der Waals surface area contributed by atoms with Gasteiger partial charge in [0.2, 0.25) is 5.95 Å². The van der Waals surface area contributed by atoms with Crippen molar-refractivity contribution in [3.8, 4) is 28.1 Å². The van der Waals surface area contributed by atoms with Gasteiger partial charge in [0.15, 0.2) is 0 Å². The molecule has 0 amide bonds. The van der Waals surface area contributed by atoms with Crippen LogP contribution in [0, 0.1) is 5.95 Å². The number of anilines is 1. The van der Waals surface area contributed by atoms with Crippen LogP contribution in [0.4, 0.5) is 10.2 Å². The number of hydrogen-bond acceptors (Lipinski definition) is 7. The Morgan fingerprint density at radius 3 is 2.55 bits per heavy atom. The molecule has 202 valence electrons. The number of piperazine rings is 1. The monoisotopic (exact) mass is 538 g/mol. The number of hydrogen-bond donors (Lipinski definition) is 1. The van der Waals surface area contributed by atoms with E-state index in [0.717, 1.165) is 59.9 Å². The van der Waals surface area contributed by atoms with Gasteiger partial charge < -0.3 is 19.7 Å². The number of methoxy groups -OCH3 is 1. The maximum absolute atomic E-state index is 14.9. The zero-order chi connectivity index (χ0) is 26.7. The molecule has 0 radical (unpaired) electrons. The number of rotatable bonds is 9. The second-order valence-corrected chi connectivity index (χ2v) is 14.8. The molecule has 5 rings (SSSR count). The molecule has 4 heterocycles. The summed E-state index contributed by atoms with van der Waals surface area (Å²) < 4.78 is 28.2. The Morgan fingerprint density at radius 2 is 1.79 bits per heavy atom. The Labute approximate surface area is 224 Å². The van der Waals surface area contributed by atoms with Gasteiger partial charge in [-0.3, -0.25) is 0 Å². The van der Waals surface area contributed by atoms with Gasteiger partial charge in [0.05, 0.1) is 24.8 Å². The number of pyridine rings is 2. The van der Waals surface area contributed by atoms with Crippen molar-refractivity contribution < 1.29 is 13.9 Å². The van der Waals surface area contributed by atoms with Gasteiger partial charge in [0.1, 0.15) is 24.0 Å². The summed E-state index contributed by atoms with van der Waals surface area (Å²) in [5.74, 6) is 1.81. The number of fused-ring (bicyclic) bond motifs is 1. The molecular weight excluding hydrogens is 503 g/mol. The van der Waals surface area contributed by atoms with Gasteiger partial charge in [-0.2, -0.15) is 9.49 Å². The van der Waals surface area contributed by atoms with E-state index in [4.69, 9.17) is 14.6 Å². The molecule has 1 aliphatic rings. The lowest BCUT2D eigenvalue weighted by Crippen LogP contribution is -2.43. The molecule has 0 unspecified atom stereocenters. The summed E-state index contributed by atoms with van der Waals surface area (Å²) in [7, 11) is 0.888. The highest BCUT2D eigenvalue weighted by Crippen LogP contribution is 2.37. The molecule has 1 aromatic carbocycles. The van der Waals surface area contributed by atoms with Crippen LogP contribution in [0.15, 0.2) is 48.8 Å². The normalized spacial score (nSPS) is 14.7. The third-order valence-electron chi connectivity index (χ3n) is 6.64. The Bertz CT molecular complexity index is 1410. The third kappa shape index (κ3) is 5.77. The number of halogens is 1. The zero-order valence-electron chi connectivity index (χ0n) is 22.4. The number of aromatic nitrogens is 4. The van der Waals surface area contributed by atoms with Gasteiger partial charge in [-0.15, -0.1) is 0 Å². The number of ether oxygens (including phenoxy) is 2. The molecule has 38 heavy (non-hydrogen) atoms. The Morgan fingerprint density at radius 1 is 1.00 bits per heavy atom. The van der Waals surface area contributed by atoms with E-state index in [0.29, 0.717) is 30.2 Å². The average molecular weight is 539 g/mol. The first kappa shape index (κ1) is 26.4. The maximum atomic E-state index is 14.9. The number of benzene rings is 1. The molecule has 1 aliphatic heterocycles. The molecule has 8 nitrogen and oxygen atoms in total. The fourth-order valence-electron chi connectivity index (χ4n) is 4.59. The Balaban J connectivity index is 1.57. The van der Waals surface area contributed by atoms with Gasteiger partial charge in [-0.1, -0.05) is 6.07 Å². The minimum atomic E-state index is -0.645. The molecule has 1 N–H and O–H groups in total. The molecule has 0 saturated carbocycles. The van der Waals surface area contributed by atoms with Crippen LogP contribution in [-0.2, 0) is 11.5 Å². The number of nitrogens with one attached hydrogen (secondary N) is 1. The summed E-state index contributed by atoms with van der Waals surface area (Å²) in [4.78, 5) is 10.8. The minimum absolute atomic E-state index is 0.330. The van der Waals surface area contributed by atoms with Crippen LogP contribution in [-0.4, -0.2) is 84.2 Å². The summed E-state index contributed by atoms with van der Waals surface area (Å²) in [6, 6.07) is 11.5. The standard InChI is InChI=1S/C28H35FN6O2S/c1-36-24-8-10-32-28(29)26(24)20-5-6-23-22(17-20)27(33-35(23)19-37-15-16-38(2,3)4)21-7-9-31-25(18-21)34-13-11-30-12-14-34/h5-10,17-18,30H,11-16,19H2,1-4H3. The van der Waals surface area contributed by atoms with E-state index in [1.54, 1.807) is 6.07 Å². The highest BCUT2D eigenvalue weighted by Gasteiger charge is 2.19. The maximum Gasteiger partial charge on any atom is 0.224 e. The van der Waals surface area contributed by atoms with Crippen molar-refractivity contribution in [1.82, 2.24) is 25.1 Å². The van der Waals surface area contributed by atoms with E-state index in [1.165, 1.54) is 13.3 Å². The minimum Gasteiger partial charge on any atom is -0.496 e. The van der Waals surface area contributed by atoms with Gasteiger partial charge in [0, 0.05) is 55.3 Å². The zero-order valence-corrected chi connectivity index (χ0v) is 23.2. The van der Waals surface area contributed by atoms with Gasteiger partial charge in [0.25, 0.3) is 0 Å². The van der Waals surface area contributed by atoms with E-state index >= 15 is 0 Å². The van der Waals surface area contributed by atoms with Crippen molar-refractivity contribution in [3.63, 3.8) is 0 Å². The average Bonchev–Trinajstić information content (AvgIpc) is 3.28. The van der Waals surface area contributed by atoms with Crippen molar-refractivity contribution in [2.45, 2.75) is 6.73 Å². The van der Waals surface area contributed by atoms with E-state index in [1.807, 2.05) is 35.1 Å². The predicted molar refractivity (Wildman–Crippen MR) is 154 cm³/mol. The van der Waals surface area contributed by atoms with Crippen LogP contribution in [0.2, 0.25) is 0 Å². The first-order valence-corrected chi connectivity index (χ1v) is 15.7. The van der Waals surface area contributed by atoms with E-state index in [9.17, 15) is 4.39 Å². The van der Waals surface area contributed by atoms with E-state index < -0.39 is 16.0 Å². The highest BCUT2D eigenvalue weighted by molar-refractivity contribution is 8.32. The van der Waals surface area contributed by atoms with Crippen molar-refractivity contribution in [3.05, 3.63) is 54.7 Å². The Kier molecular flexibility index (Phi) is 7.83. The fourth-order valence-corrected chi connectivity index (χ4v) is 5.21. The summed E-state index contributed by atoms with van der Waals surface area (Å²) in [6.45, 7) is 4.68. The largest absolute Gasteiger partial charge is 0.496 e. The lowest BCUT2D eigenvalue weighted by molar-refractivity contribution is 0.0842. The summed E-state index contributed by atoms with van der Waals surface area (Å²) in [5.41, 5.74) is 3.67. The van der Waals surface area contributed by atoms with Crippen LogP contribution < -0.4 is 15.0 Å². The smallest absolute Gasteiger partial charge is 0.224 e. The third-order valence-corrected chi connectivity index (χ3v) is 8.03. The Hall–Kier alpha value is -3.21. The first-order valence-electron chi connectivity index (χ1n) is 12.7. The SMILES string of the molecule is COc1ccnc(F)c1-c1ccc2c(c1)c(-c1ccnc(N3CCNCC3)c1)nn2COCCS(C)(C)C. The molecule has 0 spiro atoms. The molecular formula is C28H35FN6O2S. The first-order chi connectivity index (χ1) is 18.3. The summed E-state index contributed by atoms with van der Waals surface area (Å²) in [5, 5.41) is 9.26. The highest BCUT2D eigenvalue weighted by atomic mass is 32.3. The van der Waals surface area contributed by atoms with Crippen molar-refractivity contribution in [2.75, 3.05) is 69.3 Å². The van der Waals surface area contributed by atoms with E-state index in [2.05, 4.69) is 45.0 Å². The lowest BCUT2D eigenvalue weighted by atomic mass is 10.0. The molecule has 0 atom stereocenters. The molecule has 0 aliphatic carbocycles. The summed E-state index contributed by atoms with van der Waals surface area (Å²) in [6.07, 6.45) is 10.1. The molecule has 4 aromatic rings. The second-order valence-electron chi connectivity index (χ2n) is 10.2. The van der Waals surface area contributed by atoms with Crippen molar-refractivity contribution in [2.24, 2.45) is 0 Å². The van der Waals surface area contributed by atoms with Crippen LogP contribution in [0.25, 0.3) is 33.3 Å². The van der Waals surface area contributed by atoms with Crippen molar-refractivity contribution in [1.29, 1.82) is 0 Å². The topological polar surface area (TPSA) is 77.3 Å². The molecule has 3 aromatic heterocycles. The molecule has 1 saturated heterocycles. The summed E-state index contributed by atoms with van der Waals surface area (Å²) >= 11 is 0. The number of nitrogens with zero attached hydrogens (tertiary/aromatic N) is 5. The van der Waals surface area contributed by atoms with Gasteiger partial charge >= 0.3 is 0 Å². The molecule has 10 heteroatoms. The quantitative estimate of drug-likeness (QED) is 0.250. The molecule has 1 fully saturated rings. The van der Waals surface area contributed by atoms with Gasteiger partial charge in [-0.05, 0) is 54.7 Å². The second kappa shape index (κ2) is 11.3. The van der Waals surface area contributed by atoms with Crippen LogP contribution >= 0.6 is 10.0 Å². The lowest BCUT2D eigenvalue weighted by Gasteiger charge is -2.28. The predicted octanol–water partition coefficient (Wildman–Crippen LogP) is 4.39. The van der Waals surface area contributed by atoms with Crippen LogP contribution in [0.1, 0.15) is 0 Å².